The lowest BCUT2D eigenvalue weighted by Crippen LogP contribution is -1.84. The maximum absolute atomic E-state index is 4.67. The largest absolute Gasteiger partial charge is 0.172 e. The van der Waals surface area contributed by atoms with Crippen molar-refractivity contribution in [2.24, 2.45) is 0 Å². The molecule has 0 amide bonds. The van der Waals surface area contributed by atoms with Gasteiger partial charge in [-0.15, -0.1) is 22.7 Å². The molecule has 0 N–H and O–H groups in total. The van der Waals surface area contributed by atoms with E-state index in [0.29, 0.717) is 0 Å². The summed E-state index contributed by atoms with van der Waals surface area (Å²) in [7, 11) is 0. The lowest BCUT2D eigenvalue weighted by molar-refractivity contribution is 1.59. The van der Waals surface area contributed by atoms with E-state index in [-0.39, 0.29) is 0 Å². The van der Waals surface area contributed by atoms with E-state index in [0.717, 1.165) is 22.1 Å². The molecule has 0 aliphatic carbocycles. The van der Waals surface area contributed by atoms with Gasteiger partial charge in [-0.05, 0) is 35.7 Å². The van der Waals surface area contributed by atoms with Gasteiger partial charge in [0.2, 0.25) is 0 Å². The van der Waals surface area contributed by atoms with Crippen molar-refractivity contribution in [1.82, 2.24) is 17.5 Å². The summed E-state index contributed by atoms with van der Waals surface area (Å²) in [6, 6.07) is 0. The minimum atomic E-state index is 1.01. The van der Waals surface area contributed by atoms with E-state index in [2.05, 4.69) is 42.1 Å². The average Bonchev–Trinajstić information content (AvgIpc) is 3.31. The summed E-state index contributed by atoms with van der Waals surface area (Å²) < 4.78 is 21.1. The molecule has 0 unspecified atom stereocenters. The quantitative estimate of drug-likeness (QED) is 0.327. The van der Waals surface area contributed by atoms with Crippen molar-refractivity contribution in [3.8, 4) is 0 Å². The Bertz CT molecular complexity index is 1320. The van der Waals surface area contributed by atoms with Gasteiger partial charge in [0.25, 0.3) is 0 Å². The summed E-state index contributed by atoms with van der Waals surface area (Å²) in [6.07, 6.45) is 0. The highest BCUT2D eigenvalue weighted by Gasteiger charge is 2.23. The van der Waals surface area contributed by atoms with Crippen LogP contribution in [0.4, 0.5) is 0 Å². The topological polar surface area (TPSA) is 51.6 Å². The van der Waals surface area contributed by atoms with Crippen LogP contribution < -0.4 is 0 Å². The van der Waals surface area contributed by atoms with Crippen LogP contribution >= 0.6 is 46.1 Å². The molecule has 0 bridgehead atoms. The molecule has 0 saturated heterocycles. The number of benzene rings is 2. The second-order valence-corrected chi connectivity index (χ2v) is 8.73. The van der Waals surface area contributed by atoms with Crippen LogP contribution in [0.3, 0.4) is 0 Å². The third-order valence-electron chi connectivity index (χ3n) is 4.58. The van der Waals surface area contributed by atoms with E-state index in [1.165, 1.54) is 65.5 Å². The smallest absolute Gasteiger partial charge is 0.114 e. The second-order valence-electron chi connectivity index (χ2n) is 5.92. The SMILES string of the molecule is Cc1csc2c1c1nsnc1c1c3scc(C)c3c3nsnc3c21. The van der Waals surface area contributed by atoms with Crippen LogP contribution in [0.5, 0.6) is 0 Å². The molecule has 4 heterocycles. The van der Waals surface area contributed by atoms with Crippen LogP contribution in [0.15, 0.2) is 10.8 Å². The molecule has 0 spiro atoms. The standard InChI is InChI=1S/C16H8N4S4/c1-5-3-21-15-7(5)11-13(19-23-17-11)10-9(15)14-12(18-24-20-14)8-6(2)4-22-16(8)10/h3-4H,1-2H3. The number of nitrogens with zero attached hydrogens (tertiary/aromatic N) is 4. The second kappa shape index (κ2) is 4.45. The van der Waals surface area contributed by atoms with Gasteiger partial charge >= 0.3 is 0 Å². The molecular formula is C16H8N4S4. The third-order valence-corrected chi connectivity index (χ3v) is 7.87. The van der Waals surface area contributed by atoms with Gasteiger partial charge in [-0.25, -0.2) is 0 Å². The fraction of sp³-hybridized carbons (Fsp3) is 0.125. The van der Waals surface area contributed by atoms with E-state index in [1.54, 1.807) is 22.7 Å². The van der Waals surface area contributed by atoms with Crippen LogP contribution in [0.2, 0.25) is 0 Å². The minimum Gasteiger partial charge on any atom is -0.172 e. The fourth-order valence-corrected chi connectivity index (χ4v) is 6.89. The zero-order chi connectivity index (χ0) is 16.0. The lowest BCUT2D eigenvalue weighted by atomic mass is 10.00. The normalized spacial score (nSPS) is 12.6. The van der Waals surface area contributed by atoms with E-state index >= 15 is 0 Å². The summed E-state index contributed by atoms with van der Waals surface area (Å²) in [5.41, 5.74) is 6.57. The van der Waals surface area contributed by atoms with Gasteiger partial charge in [0, 0.05) is 30.9 Å². The van der Waals surface area contributed by atoms with Crippen molar-refractivity contribution >= 4 is 99.1 Å². The van der Waals surface area contributed by atoms with E-state index in [9.17, 15) is 0 Å². The first-order chi connectivity index (χ1) is 11.8. The van der Waals surface area contributed by atoms with Crippen molar-refractivity contribution in [1.29, 1.82) is 0 Å². The van der Waals surface area contributed by atoms with Crippen molar-refractivity contribution in [2.45, 2.75) is 13.8 Å². The number of hydrogen-bond donors (Lipinski definition) is 0. The van der Waals surface area contributed by atoms with E-state index in [4.69, 9.17) is 0 Å². The first kappa shape index (κ1) is 13.5. The molecule has 0 atom stereocenters. The molecule has 4 aromatic heterocycles. The Balaban J connectivity index is 2.16. The predicted molar refractivity (Wildman–Crippen MR) is 106 cm³/mol. The first-order valence-electron chi connectivity index (χ1n) is 7.33. The van der Waals surface area contributed by atoms with Crippen molar-refractivity contribution in [3.05, 3.63) is 21.9 Å². The molecule has 0 aliphatic heterocycles. The van der Waals surface area contributed by atoms with Crippen LogP contribution in [0.25, 0.3) is 53.0 Å². The Morgan fingerprint density at radius 1 is 0.583 bits per heavy atom. The Labute approximate surface area is 152 Å². The van der Waals surface area contributed by atoms with E-state index < -0.39 is 0 Å². The van der Waals surface area contributed by atoms with Crippen LogP contribution in [-0.2, 0) is 0 Å². The van der Waals surface area contributed by atoms with Gasteiger partial charge in [-0.2, -0.15) is 17.5 Å². The molecule has 8 heteroatoms. The molecule has 0 fully saturated rings. The number of thiophene rings is 2. The zero-order valence-electron chi connectivity index (χ0n) is 12.6. The number of aromatic nitrogens is 4. The Morgan fingerprint density at radius 3 is 1.38 bits per heavy atom. The lowest BCUT2D eigenvalue weighted by Gasteiger charge is -2.05. The maximum atomic E-state index is 4.67. The third kappa shape index (κ3) is 1.44. The highest BCUT2D eigenvalue weighted by atomic mass is 32.1. The highest BCUT2D eigenvalue weighted by molar-refractivity contribution is 7.20. The Kier molecular flexibility index (Phi) is 2.51. The summed E-state index contributed by atoms with van der Waals surface area (Å²) in [6.45, 7) is 4.29. The molecule has 116 valence electrons. The van der Waals surface area contributed by atoms with Gasteiger partial charge in [0.15, 0.2) is 0 Å². The molecule has 0 aliphatic rings. The van der Waals surface area contributed by atoms with Gasteiger partial charge in [-0.3, -0.25) is 0 Å². The molecule has 4 nitrogen and oxygen atoms in total. The minimum absolute atomic E-state index is 1.01. The summed E-state index contributed by atoms with van der Waals surface area (Å²) in [5.74, 6) is 0. The predicted octanol–water partition coefficient (Wildman–Crippen LogP) is 5.90. The number of aryl methyl sites for hydroxylation is 2. The Morgan fingerprint density at radius 2 is 0.958 bits per heavy atom. The van der Waals surface area contributed by atoms with Gasteiger partial charge in [0.05, 0.1) is 23.5 Å². The van der Waals surface area contributed by atoms with Gasteiger partial charge in [0.1, 0.15) is 22.1 Å². The summed E-state index contributed by atoms with van der Waals surface area (Å²) >= 11 is 6.13. The van der Waals surface area contributed by atoms with Crippen LogP contribution in [0, 0.1) is 13.8 Å². The van der Waals surface area contributed by atoms with Crippen molar-refractivity contribution in [3.63, 3.8) is 0 Å². The fourth-order valence-electron chi connectivity index (χ4n) is 3.56. The van der Waals surface area contributed by atoms with Gasteiger partial charge in [-0.1, -0.05) is 0 Å². The van der Waals surface area contributed by atoms with Crippen molar-refractivity contribution in [2.75, 3.05) is 0 Å². The van der Waals surface area contributed by atoms with Gasteiger partial charge < -0.3 is 0 Å². The van der Waals surface area contributed by atoms with Crippen molar-refractivity contribution < 1.29 is 0 Å². The number of fused-ring (bicyclic) bond motifs is 11. The van der Waals surface area contributed by atoms with Crippen LogP contribution in [-0.4, -0.2) is 17.5 Å². The van der Waals surface area contributed by atoms with E-state index in [1.807, 2.05) is 0 Å². The molecule has 0 radical (unpaired) electrons. The molecule has 6 aromatic rings. The number of rotatable bonds is 0. The maximum Gasteiger partial charge on any atom is 0.114 e. The first-order valence-corrected chi connectivity index (χ1v) is 10.6. The zero-order valence-corrected chi connectivity index (χ0v) is 15.8. The van der Waals surface area contributed by atoms with Crippen LogP contribution in [0.1, 0.15) is 11.1 Å². The number of hydrogen-bond acceptors (Lipinski definition) is 8. The molecular weight excluding hydrogens is 376 g/mol. The molecule has 6 rings (SSSR count). The molecule has 2 aromatic carbocycles. The average molecular weight is 385 g/mol. The monoisotopic (exact) mass is 384 g/mol. The summed E-state index contributed by atoms with van der Waals surface area (Å²) in [5, 5.41) is 9.25. The summed E-state index contributed by atoms with van der Waals surface area (Å²) in [4.78, 5) is 0. The molecule has 0 saturated carbocycles. The Hall–Kier alpha value is -1.74. The highest BCUT2D eigenvalue weighted by Crippen LogP contribution is 2.47. The molecule has 24 heavy (non-hydrogen) atoms.